The number of hydrogen-bond donors (Lipinski definition) is 0. The van der Waals surface area contributed by atoms with Gasteiger partial charge in [-0.05, 0) is 121 Å². The number of hydrogen-bond acceptors (Lipinski definition) is 1. The van der Waals surface area contributed by atoms with E-state index in [1.165, 1.54) is 77.9 Å². The lowest BCUT2D eigenvalue weighted by Crippen LogP contribution is -2.16. The zero-order valence-corrected chi connectivity index (χ0v) is 30.9. The van der Waals surface area contributed by atoms with E-state index in [1.54, 1.807) is 0 Å². The van der Waals surface area contributed by atoms with E-state index in [2.05, 4.69) is 214 Å². The highest BCUT2D eigenvalue weighted by Gasteiger charge is 2.36. The van der Waals surface area contributed by atoms with Gasteiger partial charge in [-0.1, -0.05) is 166 Å². The van der Waals surface area contributed by atoms with Crippen molar-refractivity contribution in [1.29, 1.82) is 0 Å². The zero-order chi connectivity index (χ0) is 36.4. The normalized spacial score (nSPS) is 14.5. The van der Waals surface area contributed by atoms with Gasteiger partial charge in [-0.15, -0.1) is 0 Å². The van der Waals surface area contributed by atoms with E-state index >= 15 is 0 Å². The molecule has 2 aliphatic carbocycles. The summed E-state index contributed by atoms with van der Waals surface area (Å²) in [5.41, 5.74) is 21.7. The highest BCUT2D eigenvalue weighted by molar-refractivity contribution is 5.89. The Morgan fingerprint density at radius 1 is 0.370 bits per heavy atom. The molecule has 0 heterocycles. The summed E-state index contributed by atoms with van der Waals surface area (Å²) in [6.45, 7) is 6.95. The molecule has 0 N–H and O–H groups in total. The fourth-order valence-corrected chi connectivity index (χ4v) is 9.25. The van der Waals surface area contributed by atoms with Gasteiger partial charge in [0.15, 0.2) is 0 Å². The van der Waals surface area contributed by atoms with Crippen molar-refractivity contribution in [2.24, 2.45) is 0 Å². The lowest BCUT2D eigenvalue weighted by atomic mass is 9.82. The van der Waals surface area contributed by atoms with Gasteiger partial charge in [0, 0.05) is 28.4 Å². The summed E-state index contributed by atoms with van der Waals surface area (Å²) in [5.74, 6) is 0.0997. The molecule has 0 saturated carbocycles. The maximum absolute atomic E-state index is 2.47. The van der Waals surface area contributed by atoms with E-state index in [4.69, 9.17) is 0 Å². The predicted molar refractivity (Wildman–Crippen MR) is 227 cm³/mol. The topological polar surface area (TPSA) is 3.24 Å². The summed E-state index contributed by atoms with van der Waals surface area (Å²) in [5, 5.41) is 0. The number of rotatable bonds is 6. The van der Waals surface area contributed by atoms with Gasteiger partial charge in [0.25, 0.3) is 0 Å². The highest BCUT2D eigenvalue weighted by atomic mass is 15.1. The van der Waals surface area contributed by atoms with Crippen molar-refractivity contribution in [2.45, 2.75) is 32.1 Å². The van der Waals surface area contributed by atoms with Crippen LogP contribution >= 0.6 is 0 Å². The van der Waals surface area contributed by atoms with E-state index in [9.17, 15) is 0 Å². The molecule has 0 saturated heterocycles. The molecule has 258 valence electrons. The fourth-order valence-electron chi connectivity index (χ4n) is 9.25. The molecule has 8 aromatic rings. The first-order chi connectivity index (χ1) is 26.5. The van der Waals surface area contributed by atoms with Crippen LogP contribution in [0.2, 0.25) is 0 Å². The van der Waals surface area contributed by atoms with E-state index in [0.29, 0.717) is 0 Å². The van der Waals surface area contributed by atoms with Gasteiger partial charge in [0.1, 0.15) is 0 Å². The van der Waals surface area contributed by atoms with Crippen molar-refractivity contribution < 1.29 is 0 Å². The lowest BCUT2D eigenvalue weighted by Gasteiger charge is -2.29. The molecule has 1 atom stereocenters. The van der Waals surface area contributed by atoms with Crippen LogP contribution in [0.4, 0.5) is 17.1 Å². The van der Waals surface area contributed by atoms with Crippen LogP contribution in [0, 0.1) is 6.92 Å². The Hall–Kier alpha value is -6.44. The number of benzene rings is 8. The maximum atomic E-state index is 2.47. The van der Waals surface area contributed by atoms with Crippen molar-refractivity contribution in [1.82, 2.24) is 0 Å². The molecule has 0 amide bonds. The molecule has 2 aliphatic rings. The van der Waals surface area contributed by atoms with Gasteiger partial charge >= 0.3 is 0 Å². The van der Waals surface area contributed by atoms with Crippen LogP contribution in [-0.4, -0.2) is 0 Å². The monoisotopic (exact) mass is 691 g/mol. The minimum atomic E-state index is -0.102. The van der Waals surface area contributed by atoms with Crippen molar-refractivity contribution in [2.75, 3.05) is 4.90 Å². The molecule has 1 nitrogen and oxygen atoms in total. The first kappa shape index (κ1) is 32.2. The Balaban J connectivity index is 1.16. The Kier molecular flexibility index (Phi) is 7.52. The van der Waals surface area contributed by atoms with Crippen molar-refractivity contribution >= 4 is 17.1 Å². The van der Waals surface area contributed by atoms with Gasteiger partial charge in [0.05, 0.1) is 0 Å². The van der Waals surface area contributed by atoms with E-state index < -0.39 is 0 Å². The molecular formula is C53H41N. The first-order valence-corrected chi connectivity index (χ1v) is 19.1. The van der Waals surface area contributed by atoms with E-state index in [-0.39, 0.29) is 11.3 Å². The summed E-state index contributed by atoms with van der Waals surface area (Å²) >= 11 is 0. The van der Waals surface area contributed by atoms with Crippen LogP contribution < -0.4 is 4.90 Å². The van der Waals surface area contributed by atoms with Crippen LogP contribution in [0.1, 0.15) is 53.1 Å². The quantitative estimate of drug-likeness (QED) is 0.168. The Labute approximate surface area is 318 Å². The van der Waals surface area contributed by atoms with Crippen molar-refractivity contribution in [3.63, 3.8) is 0 Å². The van der Waals surface area contributed by atoms with Gasteiger partial charge in [0.2, 0.25) is 0 Å². The minimum absolute atomic E-state index is 0.0997. The molecule has 8 aromatic carbocycles. The molecule has 0 fully saturated rings. The third kappa shape index (κ3) is 5.07. The molecule has 0 bridgehead atoms. The van der Waals surface area contributed by atoms with Gasteiger partial charge in [-0.25, -0.2) is 0 Å². The largest absolute Gasteiger partial charge is 0.310 e. The molecule has 54 heavy (non-hydrogen) atoms. The molecule has 1 heteroatoms. The minimum Gasteiger partial charge on any atom is -0.310 e. The SMILES string of the molecule is Cc1ccccc1-c1ccccc1C1c2ccccc2-c2ccc(N(c3ccc(-c4ccccc4)cc3)c3ccc4c(c3)C(C)(C)c3ccccc3-4)cc21. The maximum Gasteiger partial charge on any atom is 0.0465 e. The summed E-state index contributed by atoms with van der Waals surface area (Å²) in [7, 11) is 0. The molecule has 0 aromatic heterocycles. The second kappa shape index (κ2) is 12.6. The van der Waals surface area contributed by atoms with Crippen LogP contribution in [-0.2, 0) is 5.41 Å². The van der Waals surface area contributed by atoms with Crippen LogP contribution in [0.15, 0.2) is 188 Å². The smallest absolute Gasteiger partial charge is 0.0465 e. The van der Waals surface area contributed by atoms with Crippen LogP contribution in [0.25, 0.3) is 44.5 Å². The third-order valence-corrected chi connectivity index (χ3v) is 11.9. The average Bonchev–Trinajstić information content (AvgIpc) is 3.66. The van der Waals surface area contributed by atoms with E-state index in [1.807, 2.05) is 0 Å². The van der Waals surface area contributed by atoms with Crippen LogP contribution in [0.5, 0.6) is 0 Å². The summed E-state index contributed by atoms with van der Waals surface area (Å²) < 4.78 is 0. The lowest BCUT2D eigenvalue weighted by molar-refractivity contribution is 0.660. The summed E-state index contributed by atoms with van der Waals surface area (Å²) in [6, 6.07) is 69.7. The Morgan fingerprint density at radius 2 is 0.852 bits per heavy atom. The van der Waals surface area contributed by atoms with Gasteiger partial charge in [-0.2, -0.15) is 0 Å². The fraction of sp³-hybridized carbons (Fsp3) is 0.0943. The molecule has 10 rings (SSSR count). The standard InChI is InChI=1S/C53H41N/c1-35-15-7-8-18-41(35)42-19-9-11-22-47(42)52-48-23-12-10-20-43(48)44-31-29-39(33-49(44)52)54(38-27-25-37(26-28-38)36-16-5-4-6-17-36)40-30-32-46-45-21-13-14-24-50(45)53(2,3)51(46)34-40/h4-34,52H,1-3H3. The predicted octanol–water partition coefficient (Wildman–Crippen LogP) is 14.3. The average molecular weight is 692 g/mol. The molecule has 0 aliphatic heterocycles. The summed E-state index contributed by atoms with van der Waals surface area (Å²) in [6.07, 6.45) is 0. The first-order valence-electron chi connectivity index (χ1n) is 19.1. The Morgan fingerprint density at radius 3 is 1.56 bits per heavy atom. The van der Waals surface area contributed by atoms with Crippen molar-refractivity contribution in [3.05, 3.63) is 221 Å². The van der Waals surface area contributed by atoms with E-state index in [0.717, 1.165) is 17.1 Å². The second-order valence-corrected chi connectivity index (χ2v) is 15.3. The second-order valence-electron chi connectivity index (χ2n) is 15.3. The molecule has 0 spiro atoms. The number of nitrogens with zero attached hydrogens (tertiary/aromatic N) is 1. The summed E-state index contributed by atoms with van der Waals surface area (Å²) in [4.78, 5) is 2.46. The number of aryl methyl sites for hydroxylation is 1. The number of fused-ring (bicyclic) bond motifs is 6. The van der Waals surface area contributed by atoms with Gasteiger partial charge in [-0.3, -0.25) is 0 Å². The Bertz CT molecular complexity index is 2700. The molecule has 0 radical (unpaired) electrons. The van der Waals surface area contributed by atoms with Crippen LogP contribution in [0.3, 0.4) is 0 Å². The number of anilines is 3. The third-order valence-electron chi connectivity index (χ3n) is 11.9. The zero-order valence-electron chi connectivity index (χ0n) is 30.9. The molecule has 1 unspecified atom stereocenters. The molecular weight excluding hydrogens is 651 g/mol. The van der Waals surface area contributed by atoms with Gasteiger partial charge < -0.3 is 4.90 Å². The highest BCUT2D eigenvalue weighted by Crippen LogP contribution is 2.54. The van der Waals surface area contributed by atoms with Crippen molar-refractivity contribution in [3.8, 4) is 44.5 Å².